The third-order valence-electron chi connectivity index (χ3n) is 6.40. The van der Waals surface area contributed by atoms with Gasteiger partial charge in [0.05, 0.1) is 5.56 Å². The summed E-state index contributed by atoms with van der Waals surface area (Å²) in [5.74, 6) is -1.76. The van der Waals surface area contributed by atoms with Gasteiger partial charge in [0.15, 0.2) is 5.78 Å². The zero-order valence-corrected chi connectivity index (χ0v) is 18.5. The molecule has 1 aliphatic heterocycles. The summed E-state index contributed by atoms with van der Waals surface area (Å²) in [6.07, 6.45) is -0.318. The SMILES string of the molecule is O=C1Oc2ccccc2C(=O)C1C1C=C(c2ccc(-c3ccc(OC(F)(F)F)cc3)cc2)CCC1. The van der Waals surface area contributed by atoms with Crippen molar-refractivity contribution >= 4 is 17.3 Å². The van der Waals surface area contributed by atoms with E-state index >= 15 is 0 Å². The molecule has 0 bridgehead atoms. The maximum absolute atomic E-state index is 13.1. The van der Waals surface area contributed by atoms with Crippen LogP contribution in [0.2, 0.25) is 0 Å². The van der Waals surface area contributed by atoms with E-state index in [-0.39, 0.29) is 17.5 Å². The van der Waals surface area contributed by atoms with E-state index in [1.165, 1.54) is 12.1 Å². The summed E-state index contributed by atoms with van der Waals surface area (Å²) in [4.78, 5) is 25.7. The number of ether oxygens (including phenoxy) is 2. The van der Waals surface area contributed by atoms with E-state index < -0.39 is 18.2 Å². The molecule has 1 heterocycles. The fourth-order valence-electron chi connectivity index (χ4n) is 4.76. The molecule has 35 heavy (non-hydrogen) atoms. The molecule has 4 nitrogen and oxygen atoms in total. The number of esters is 1. The molecule has 0 saturated carbocycles. The van der Waals surface area contributed by atoms with E-state index in [0.717, 1.165) is 41.5 Å². The predicted molar refractivity (Wildman–Crippen MR) is 124 cm³/mol. The fourth-order valence-corrected chi connectivity index (χ4v) is 4.76. The Morgan fingerprint density at radius 3 is 2.14 bits per heavy atom. The van der Waals surface area contributed by atoms with E-state index in [1.807, 2.05) is 30.3 Å². The molecule has 0 saturated heterocycles. The van der Waals surface area contributed by atoms with Crippen LogP contribution in [-0.4, -0.2) is 18.1 Å². The van der Waals surface area contributed by atoms with Crippen molar-refractivity contribution in [2.24, 2.45) is 11.8 Å². The van der Waals surface area contributed by atoms with Crippen molar-refractivity contribution in [2.75, 3.05) is 0 Å². The number of para-hydroxylation sites is 1. The van der Waals surface area contributed by atoms with Gasteiger partial charge in [0.2, 0.25) is 0 Å². The highest BCUT2D eigenvalue weighted by atomic mass is 19.4. The maximum atomic E-state index is 13.1. The molecule has 0 spiro atoms. The smallest absolute Gasteiger partial charge is 0.425 e. The van der Waals surface area contributed by atoms with Crippen LogP contribution in [0.4, 0.5) is 13.2 Å². The Morgan fingerprint density at radius 2 is 1.46 bits per heavy atom. The lowest BCUT2D eigenvalue weighted by molar-refractivity contribution is -0.274. The average Bonchev–Trinajstić information content (AvgIpc) is 2.84. The Morgan fingerprint density at radius 1 is 0.829 bits per heavy atom. The summed E-state index contributed by atoms with van der Waals surface area (Å²) in [5.41, 5.74) is 4.08. The van der Waals surface area contributed by atoms with E-state index in [4.69, 9.17) is 4.74 Å². The Labute approximate surface area is 200 Å². The van der Waals surface area contributed by atoms with Crippen LogP contribution >= 0.6 is 0 Å². The second-order valence-electron chi connectivity index (χ2n) is 8.66. The van der Waals surface area contributed by atoms with Crippen molar-refractivity contribution in [3.8, 4) is 22.6 Å². The van der Waals surface area contributed by atoms with Crippen LogP contribution in [0.1, 0.15) is 35.2 Å². The number of allylic oxidation sites excluding steroid dienone is 2. The first-order chi connectivity index (χ1) is 16.8. The van der Waals surface area contributed by atoms with Gasteiger partial charge in [0.1, 0.15) is 17.4 Å². The van der Waals surface area contributed by atoms with Crippen molar-refractivity contribution in [2.45, 2.75) is 25.6 Å². The first kappa shape index (κ1) is 22.9. The summed E-state index contributed by atoms with van der Waals surface area (Å²) in [6, 6.07) is 20.2. The molecule has 0 radical (unpaired) electrons. The number of carbonyl (C=O) groups excluding carboxylic acids is 2. The number of rotatable bonds is 4. The van der Waals surface area contributed by atoms with Gasteiger partial charge >= 0.3 is 12.3 Å². The lowest BCUT2D eigenvalue weighted by Gasteiger charge is -2.30. The highest BCUT2D eigenvalue weighted by Gasteiger charge is 2.41. The van der Waals surface area contributed by atoms with Crippen LogP contribution in [0.5, 0.6) is 11.5 Å². The molecule has 5 rings (SSSR count). The predicted octanol–water partition coefficient (Wildman–Crippen LogP) is 6.85. The van der Waals surface area contributed by atoms with Crippen molar-refractivity contribution in [3.05, 3.63) is 90.0 Å². The number of ketones is 1. The van der Waals surface area contributed by atoms with Crippen LogP contribution in [0.15, 0.2) is 78.9 Å². The van der Waals surface area contributed by atoms with Crippen molar-refractivity contribution < 1.29 is 32.2 Å². The van der Waals surface area contributed by atoms with Crippen molar-refractivity contribution in [3.63, 3.8) is 0 Å². The molecule has 2 atom stereocenters. The van der Waals surface area contributed by atoms with Crippen LogP contribution in [0.3, 0.4) is 0 Å². The maximum Gasteiger partial charge on any atom is 0.573 e. The molecule has 0 fully saturated rings. The highest BCUT2D eigenvalue weighted by molar-refractivity contribution is 6.13. The molecule has 0 N–H and O–H groups in total. The molecule has 3 aromatic carbocycles. The third-order valence-corrected chi connectivity index (χ3v) is 6.40. The fraction of sp³-hybridized carbons (Fsp3) is 0.214. The lowest BCUT2D eigenvalue weighted by atomic mass is 9.76. The van der Waals surface area contributed by atoms with Crippen molar-refractivity contribution in [1.29, 1.82) is 0 Å². The van der Waals surface area contributed by atoms with E-state index in [9.17, 15) is 22.8 Å². The first-order valence-corrected chi connectivity index (χ1v) is 11.3. The molecular formula is C28H21F3O4. The zero-order chi connectivity index (χ0) is 24.6. The number of carbonyl (C=O) groups is 2. The Bertz CT molecular complexity index is 1290. The monoisotopic (exact) mass is 478 g/mol. The first-order valence-electron chi connectivity index (χ1n) is 11.3. The van der Waals surface area contributed by atoms with Crippen LogP contribution < -0.4 is 9.47 Å². The summed E-state index contributed by atoms with van der Waals surface area (Å²) >= 11 is 0. The number of Topliss-reactive ketones (excluding diaryl/α,β-unsaturated/α-hetero) is 1. The van der Waals surface area contributed by atoms with Crippen LogP contribution in [-0.2, 0) is 4.79 Å². The van der Waals surface area contributed by atoms with E-state index in [1.54, 1.807) is 36.4 Å². The van der Waals surface area contributed by atoms with Gasteiger partial charge in [-0.2, -0.15) is 0 Å². The molecule has 0 aromatic heterocycles. The molecule has 178 valence electrons. The van der Waals surface area contributed by atoms with Gasteiger partial charge in [-0.05, 0) is 71.7 Å². The van der Waals surface area contributed by atoms with Gasteiger partial charge in [0.25, 0.3) is 0 Å². The van der Waals surface area contributed by atoms with Crippen LogP contribution in [0.25, 0.3) is 16.7 Å². The molecule has 3 aromatic rings. The summed E-state index contributed by atoms with van der Waals surface area (Å²) in [6.45, 7) is 0. The van der Waals surface area contributed by atoms with Gasteiger partial charge in [-0.15, -0.1) is 13.2 Å². The minimum atomic E-state index is -4.73. The van der Waals surface area contributed by atoms with Crippen molar-refractivity contribution in [1.82, 2.24) is 0 Å². The minimum absolute atomic E-state index is 0.201. The molecule has 7 heteroatoms. The second-order valence-corrected chi connectivity index (χ2v) is 8.66. The number of alkyl halides is 3. The lowest BCUT2D eigenvalue weighted by Crippen LogP contribution is -2.38. The normalized spacial score (nSPS) is 20.0. The van der Waals surface area contributed by atoms with E-state index in [0.29, 0.717) is 11.3 Å². The van der Waals surface area contributed by atoms with E-state index in [2.05, 4.69) is 4.74 Å². The number of benzene rings is 3. The molecule has 1 aliphatic carbocycles. The quantitative estimate of drug-likeness (QED) is 0.234. The van der Waals surface area contributed by atoms with Gasteiger partial charge < -0.3 is 9.47 Å². The van der Waals surface area contributed by atoms with Gasteiger partial charge in [-0.3, -0.25) is 9.59 Å². The Hall–Kier alpha value is -3.87. The largest absolute Gasteiger partial charge is 0.573 e. The molecule has 2 aliphatic rings. The van der Waals surface area contributed by atoms with Gasteiger partial charge in [-0.25, -0.2) is 0 Å². The van der Waals surface area contributed by atoms with Gasteiger partial charge in [0, 0.05) is 0 Å². The zero-order valence-electron chi connectivity index (χ0n) is 18.5. The summed E-state index contributed by atoms with van der Waals surface area (Å²) in [7, 11) is 0. The second kappa shape index (κ2) is 9.06. The minimum Gasteiger partial charge on any atom is -0.425 e. The molecule has 2 unspecified atom stereocenters. The Balaban J connectivity index is 1.35. The summed E-state index contributed by atoms with van der Waals surface area (Å²) < 4.78 is 46.5. The topological polar surface area (TPSA) is 52.6 Å². The number of hydrogen-bond donors (Lipinski definition) is 0. The summed E-state index contributed by atoms with van der Waals surface area (Å²) in [5, 5.41) is 0. The molecule has 0 amide bonds. The standard InChI is InChI=1S/C28H21F3O4/c29-28(30,31)35-22-14-12-18(13-15-22)17-8-10-19(11-9-17)20-4-3-5-21(16-20)25-26(32)23-6-1-2-7-24(23)34-27(25)33/h1-2,6-16,21,25H,3-5H2. The van der Waals surface area contributed by atoms with Gasteiger partial charge in [-0.1, -0.05) is 54.6 Å². The van der Waals surface area contributed by atoms with Crippen LogP contribution in [0, 0.1) is 11.8 Å². The number of halogens is 3. The number of fused-ring (bicyclic) bond motifs is 1. The Kier molecular flexibility index (Phi) is 5.93. The average molecular weight is 478 g/mol. The number of hydrogen-bond acceptors (Lipinski definition) is 4. The highest BCUT2D eigenvalue weighted by Crippen LogP contribution is 2.39. The molecular weight excluding hydrogens is 457 g/mol. The third kappa shape index (κ3) is 4.85.